The first-order valence-electron chi connectivity index (χ1n) is 11.4. The van der Waals surface area contributed by atoms with Crippen LogP contribution in [0, 0.1) is 0 Å². The van der Waals surface area contributed by atoms with Crippen LogP contribution in [0.5, 0.6) is 0 Å². The number of rotatable bonds is 7. The van der Waals surface area contributed by atoms with Crippen molar-refractivity contribution in [2.45, 2.75) is 30.4 Å². The Hall–Kier alpha value is -3.86. The molecule has 3 heterocycles. The molecule has 10 heteroatoms. The molecule has 5 rings (SSSR count). The number of aliphatic hydroxyl groups excluding tert-OH is 1. The molecule has 0 radical (unpaired) electrons. The maximum absolute atomic E-state index is 12.1. The van der Waals surface area contributed by atoms with Crippen LogP contribution < -0.4 is 16.4 Å². The summed E-state index contributed by atoms with van der Waals surface area (Å²) in [5.41, 5.74) is 9.40. The van der Waals surface area contributed by atoms with Crippen LogP contribution >= 0.6 is 0 Å². The molecule has 5 N–H and O–H groups in total. The zero-order valence-electron chi connectivity index (χ0n) is 19.2. The van der Waals surface area contributed by atoms with E-state index in [9.17, 15) is 9.90 Å². The van der Waals surface area contributed by atoms with Crippen molar-refractivity contribution in [1.29, 1.82) is 0 Å². The predicted octanol–water partition coefficient (Wildman–Crippen LogP) is 1.40. The molecule has 2 aromatic heterocycles. The molecule has 1 aliphatic heterocycles. The maximum atomic E-state index is 12.1. The van der Waals surface area contributed by atoms with Gasteiger partial charge in [-0.3, -0.25) is 9.36 Å². The van der Waals surface area contributed by atoms with Gasteiger partial charge < -0.3 is 26.2 Å². The highest BCUT2D eigenvalue weighted by atomic mass is 16.5. The van der Waals surface area contributed by atoms with Crippen molar-refractivity contribution < 1.29 is 14.6 Å². The Morgan fingerprint density at radius 3 is 2.37 bits per heavy atom. The van der Waals surface area contributed by atoms with E-state index in [2.05, 4.69) is 49.9 Å². The summed E-state index contributed by atoms with van der Waals surface area (Å²) in [5, 5.41) is 16.6. The van der Waals surface area contributed by atoms with Crippen LogP contribution in [-0.4, -0.2) is 62.4 Å². The highest BCUT2D eigenvalue weighted by Crippen LogP contribution is 2.32. The average molecular weight is 474 g/mol. The number of carbonyl (C=O) groups is 1. The van der Waals surface area contributed by atoms with Gasteiger partial charge in [0.1, 0.15) is 12.4 Å². The molecule has 0 unspecified atom stereocenters. The number of anilines is 1. The van der Waals surface area contributed by atoms with Gasteiger partial charge in [-0.15, -0.1) is 0 Å². The molecule has 1 fully saturated rings. The lowest BCUT2D eigenvalue weighted by atomic mass is 9.91. The summed E-state index contributed by atoms with van der Waals surface area (Å²) >= 11 is 0. The lowest BCUT2D eigenvalue weighted by Gasteiger charge is -2.19. The van der Waals surface area contributed by atoms with Crippen molar-refractivity contribution in [1.82, 2.24) is 24.8 Å². The number of nitrogens with two attached hydrogens (primary N) is 1. The molecule has 0 aliphatic carbocycles. The number of nitrogens with one attached hydrogen (secondary N) is 2. The molecule has 2 aromatic carbocycles. The van der Waals surface area contributed by atoms with Gasteiger partial charge in [0, 0.05) is 19.5 Å². The molecular weight excluding hydrogens is 446 g/mol. The Bertz CT molecular complexity index is 1260. The van der Waals surface area contributed by atoms with Gasteiger partial charge in [0.2, 0.25) is 0 Å². The number of aliphatic hydroxyl groups is 1. The van der Waals surface area contributed by atoms with Crippen LogP contribution in [0.15, 0.2) is 73.3 Å². The summed E-state index contributed by atoms with van der Waals surface area (Å²) in [5.74, 6) is 0.259. The van der Waals surface area contributed by atoms with Gasteiger partial charge in [0.05, 0.1) is 12.4 Å². The smallest absolute Gasteiger partial charge is 0.250 e. The van der Waals surface area contributed by atoms with Crippen LogP contribution in [0.2, 0.25) is 0 Å². The normalized spacial score (nSPS) is 21.9. The third kappa shape index (κ3) is 4.34. The molecule has 10 nitrogen and oxygen atoms in total. The first kappa shape index (κ1) is 22.9. The minimum atomic E-state index is -1.11. The number of nitrogens with zero attached hydrogens (tertiary/aromatic N) is 4. The minimum Gasteiger partial charge on any atom is -0.387 e. The maximum Gasteiger partial charge on any atom is 0.250 e. The zero-order valence-corrected chi connectivity index (χ0v) is 19.2. The van der Waals surface area contributed by atoms with Gasteiger partial charge in [-0.05, 0) is 11.1 Å². The third-order valence-corrected chi connectivity index (χ3v) is 6.34. The van der Waals surface area contributed by atoms with E-state index in [0.717, 1.165) is 0 Å². The first-order chi connectivity index (χ1) is 17.1. The third-order valence-electron chi connectivity index (χ3n) is 6.34. The van der Waals surface area contributed by atoms with Gasteiger partial charge in [0.15, 0.2) is 29.3 Å². The predicted molar refractivity (Wildman–Crippen MR) is 130 cm³/mol. The van der Waals surface area contributed by atoms with E-state index >= 15 is 0 Å². The monoisotopic (exact) mass is 473 g/mol. The van der Waals surface area contributed by atoms with E-state index < -0.39 is 30.4 Å². The van der Waals surface area contributed by atoms with E-state index in [1.807, 2.05) is 36.4 Å². The topological polar surface area (TPSA) is 140 Å². The fraction of sp³-hybridized carbons (Fsp3) is 0.280. The second kappa shape index (κ2) is 9.79. The lowest BCUT2D eigenvalue weighted by molar-refractivity contribution is -0.134. The van der Waals surface area contributed by atoms with E-state index in [4.69, 9.17) is 10.5 Å². The summed E-state index contributed by atoms with van der Waals surface area (Å²) in [6.07, 6.45) is -0.0404. The van der Waals surface area contributed by atoms with Crippen molar-refractivity contribution in [3.63, 3.8) is 0 Å². The quantitative estimate of drug-likeness (QED) is 0.316. The number of hydrogen-bond donors (Lipinski definition) is 4. The van der Waals surface area contributed by atoms with Crippen molar-refractivity contribution >= 4 is 22.9 Å². The van der Waals surface area contributed by atoms with Crippen LogP contribution in [0.1, 0.15) is 23.3 Å². The molecule has 4 atom stereocenters. The van der Waals surface area contributed by atoms with Gasteiger partial charge in [0.25, 0.3) is 5.91 Å². The van der Waals surface area contributed by atoms with Crippen LogP contribution in [-0.2, 0) is 9.53 Å². The molecule has 0 spiro atoms. The molecule has 0 bridgehead atoms. The van der Waals surface area contributed by atoms with Gasteiger partial charge in [-0.25, -0.2) is 15.0 Å². The minimum absolute atomic E-state index is 0.0933. The molecule has 35 heavy (non-hydrogen) atoms. The van der Waals surface area contributed by atoms with Crippen molar-refractivity contribution in [2.75, 3.05) is 18.9 Å². The van der Waals surface area contributed by atoms with Crippen LogP contribution in [0.25, 0.3) is 11.2 Å². The number of aromatic nitrogens is 4. The first-order valence-corrected chi connectivity index (χ1v) is 11.4. The van der Waals surface area contributed by atoms with E-state index in [0.29, 0.717) is 23.5 Å². The summed E-state index contributed by atoms with van der Waals surface area (Å²) in [4.78, 5) is 25.3. The molecule has 1 saturated heterocycles. The molecule has 0 saturated carbocycles. The zero-order chi connectivity index (χ0) is 24.4. The standard InChI is InChI=1S/C25H27N7O3/c1-27-24(34)21-18(26)20(33)25(35-21)32-14-31-19-22(29-13-30-23(19)32)28-12-17(15-8-4-2-5-9-15)16-10-6-3-7-11-16/h2-11,13-14,17-18,20-21,25,33H,12,26H2,1H3,(H,27,34)(H,28,29,30)/t18-,20+,21-,25+/m0/s1. The second-order valence-electron chi connectivity index (χ2n) is 8.43. The molecule has 1 aliphatic rings. The fourth-order valence-electron chi connectivity index (χ4n) is 4.46. The number of ether oxygens (including phenoxy) is 1. The van der Waals surface area contributed by atoms with Crippen molar-refractivity contribution in [3.8, 4) is 0 Å². The summed E-state index contributed by atoms with van der Waals surface area (Å²) < 4.78 is 7.38. The Morgan fingerprint density at radius 1 is 1.09 bits per heavy atom. The van der Waals surface area contributed by atoms with Crippen LogP contribution in [0.4, 0.5) is 5.82 Å². The van der Waals surface area contributed by atoms with E-state index in [1.54, 1.807) is 4.57 Å². The van der Waals surface area contributed by atoms with Gasteiger partial charge in [-0.2, -0.15) is 0 Å². The number of hydrogen-bond acceptors (Lipinski definition) is 8. The summed E-state index contributed by atoms with van der Waals surface area (Å²) in [7, 11) is 1.49. The average Bonchev–Trinajstić information content (AvgIpc) is 3.46. The Labute approximate surface area is 202 Å². The van der Waals surface area contributed by atoms with Gasteiger partial charge >= 0.3 is 0 Å². The second-order valence-corrected chi connectivity index (χ2v) is 8.43. The van der Waals surface area contributed by atoms with Crippen molar-refractivity contribution in [2.24, 2.45) is 5.73 Å². The highest BCUT2D eigenvalue weighted by Gasteiger charge is 2.46. The van der Waals surface area contributed by atoms with E-state index in [1.165, 1.54) is 30.8 Å². The lowest BCUT2D eigenvalue weighted by Crippen LogP contribution is -2.46. The Kier molecular flexibility index (Phi) is 6.41. The largest absolute Gasteiger partial charge is 0.387 e. The summed E-state index contributed by atoms with van der Waals surface area (Å²) in [6, 6.07) is 19.7. The number of carbonyl (C=O) groups excluding carboxylic acids is 1. The van der Waals surface area contributed by atoms with E-state index in [-0.39, 0.29) is 5.92 Å². The fourth-order valence-corrected chi connectivity index (χ4v) is 4.46. The highest BCUT2D eigenvalue weighted by molar-refractivity contribution is 5.83. The molecule has 1 amide bonds. The Balaban J connectivity index is 1.42. The molecular formula is C25H27N7O3. The van der Waals surface area contributed by atoms with Gasteiger partial charge in [-0.1, -0.05) is 60.7 Å². The number of likely N-dealkylation sites (N-methyl/N-ethyl adjacent to an activating group) is 1. The van der Waals surface area contributed by atoms with Crippen LogP contribution in [0.3, 0.4) is 0 Å². The molecule has 4 aromatic rings. The number of fused-ring (bicyclic) bond motifs is 1. The Morgan fingerprint density at radius 2 is 1.74 bits per heavy atom. The molecule has 180 valence electrons. The number of benzene rings is 2. The number of amides is 1. The summed E-state index contributed by atoms with van der Waals surface area (Å²) in [6.45, 7) is 0.583. The number of imidazole rings is 1. The SMILES string of the molecule is CNC(=O)[C@H]1O[C@@H](n2cnc3c(NCC(c4ccccc4)c4ccccc4)ncnc32)[C@H](O)[C@@H]1N. The van der Waals surface area contributed by atoms with Crippen molar-refractivity contribution in [3.05, 3.63) is 84.4 Å².